The minimum Gasteiger partial charge on any atom is -0.465 e. The molecule has 0 aromatic carbocycles. The second-order valence-corrected chi connectivity index (χ2v) is 6.23. The highest BCUT2D eigenvalue weighted by Gasteiger charge is 2.44. The van der Waals surface area contributed by atoms with Gasteiger partial charge in [0, 0.05) is 12.3 Å². The molecule has 0 radical (unpaired) electrons. The third-order valence-electron chi connectivity index (χ3n) is 4.56. The van der Waals surface area contributed by atoms with Gasteiger partial charge < -0.3 is 14.9 Å². The van der Waals surface area contributed by atoms with Crippen molar-refractivity contribution in [1.29, 1.82) is 0 Å². The van der Waals surface area contributed by atoms with Crippen LogP contribution in [0.3, 0.4) is 0 Å². The first-order valence-corrected chi connectivity index (χ1v) is 8.00. The van der Waals surface area contributed by atoms with Crippen LogP contribution in [0.4, 0.5) is 0 Å². The molecule has 0 heterocycles. The van der Waals surface area contributed by atoms with Crippen LogP contribution in [0, 0.1) is 17.8 Å². The lowest BCUT2D eigenvalue weighted by Crippen LogP contribution is -2.38. The summed E-state index contributed by atoms with van der Waals surface area (Å²) in [6.45, 7) is 5.85. The molecule has 1 saturated carbocycles. The van der Waals surface area contributed by atoms with Crippen molar-refractivity contribution in [2.45, 2.75) is 71.5 Å². The molecule has 0 saturated heterocycles. The lowest BCUT2D eigenvalue weighted by atomic mass is 9.81. The average Bonchev–Trinajstić information content (AvgIpc) is 2.79. The smallest absolute Gasteiger partial charge is 0.305 e. The molecule has 3 atom stereocenters. The van der Waals surface area contributed by atoms with Crippen molar-refractivity contribution in [1.82, 2.24) is 0 Å². The number of rotatable bonds is 8. The largest absolute Gasteiger partial charge is 0.465 e. The fourth-order valence-electron chi connectivity index (χ4n) is 3.41. The Kier molecular flexibility index (Phi) is 6.96. The molecule has 1 aliphatic rings. The van der Waals surface area contributed by atoms with Gasteiger partial charge in [-0.15, -0.1) is 0 Å². The maximum absolute atomic E-state index is 11.3. The predicted octanol–water partition coefficient (Wildman–Crippen LogP) is 2.86. The van der Waals surface area contributed by atoms with Crippen molar-refractivity contribution in [3.05, 3.63) is 0 Å². The number of esters is 1. The summed E-state index contributed by atoms with van der Waals surface area (Å²) >= 11 is 0. The second-order valence-electron chi connectivity index (χ2n) is 6.23. The van der Waals surface area contributed by atoms with E-state index < -0.39 is 5.79 Å². The Morgan fingerprint density at radius 2 is 1.95 bits per heavy atom. The first-order valence-electron chi connectivity index (χ1n) is 8.00. The van der Waals surface area contributed by atoms with E-state index >= 15 is 0 Å². The van der Waals surface area contributed by atoms with Crippen molar-refractivity contribution in [3.8, 4) is 0 Å². The topological polar surface area (TPSA) is 66.8 Å². The average molecular weight is 286 g/mol. The van der Waals surface area contributed by atoms with Crippen molar-refractivity contribution >= 4 is 5.97 Å². The quantitative estimate of drug-likeness (QED) is 0.409. The van der Waals surface area contributed by atoms with Crippen molar-refractivity contribution in [2.24, 2.45) is 17.8 Å². The van der Waals surface area contributed by atoms with Gasteiger partial charge in [0.15, 0.2) is 5.79 Å². The van der Waals surface area contributed by atoms with Crippen LogP contribution in [-0.4, -0.2) is 28.6 Å². The summed E-state index contributed by atoms with van der Waals surface area (Å²) in [7, 11) is 0. The van der Waals surface area contributed by atoms with Gasteiger partial charge in [-0.3, -0.25) is 4.79 Å². The fraction of sp³-hybridized carbons (Fsp3) is 0.938. The Morgan fingerprint density at radius 1 is 1.25 bits per heavy atom. The number of unbranched alkanes of at least 4 members (excludes halogenated alkanes) is 2. The lowest BCUT2D eigenvalue weighted by molar-refractivity contribution is -0.196. The van der Waals surface area contributed by atoms with E-state index in [2.05, 4.69) is 6.92 Å². The molecule has 0 aromatic heterocycles. The van der Waals surface area contributed by atoms with E-state index in [4.69, 9.17) is 4.74 Å². The number of hydrogen-bond donors (Lipinski definition) is 2. The zero-order chi connectivity index (χ0) is 15.2. The van der Waals surface area contributed by atoms with Crippen molar-refractivity contribution in [2.75, 3.05) is 6.61 Å². The van der Waals surface area contributed by atoms with Gasteiger partial charge >= 0.3 is 5.97 Å². The van der Waals surface area contributed by atoms with Crippen LogP contribution in [-0.2, 0) is 9.53 Å². The van der Waals surface area contributed by atoms with Crippen LogP contribution in [0.25, 0.3) is 0 Å². The molecule has 0 amide bonds. The summed E-state index contributed by atoms with van der Waals surface area (Å²) in [6.07, 6.45) is 6.52. The molecule has 0 spiro atoms. The van der Waals surface area contributed by atoms with Crippen LogP contribution in [0.15, 0.2) is 0 Å². The summed E-state index contributed by atoms with van der Waals surface area (Å²) in [5.74, 6) is -1.39. The Labute approximate surface area is 122 Å². The molecule has 4 heteroatoms. The molecule has 3 unspecified atom stereocenters. The van der Waals surface area contributed by atoms with Gasteiger partial charge in [0.2, 0.25) is 0 Å². The van der Waals surface area contributed by atoms with Gasteiger partial charge in [-0.05, 0) is 38.0 Å². The highest BCUT2D eigenvalue weighted by Crippen LogP contribution is 2.44. The minimum absolute atomic E-state index is 0.107. The maximum Gasteiger partial charge on any atom is 0.305 e. The molecular weight excluding hydrogens is 256 g/mol. The maximum atomic E-state index is 11.3. The highest BCUT2D eigenvalue weighted by atomic mass is 16.5. The third kappa shape index (κ3) is 5.06. The number of carbonyl (C=O) groups is 1. The van der Waals surface area contributed by atoms with Crippen molar-refractivity contribution < 1.29 is 19.7 Å². The molecule has 4 nitrogen and oxygen atoms in total. The molecule has 0 aliphatic heterocycles. The van der Waals surface area contributed by atoms with E-state index in [-0.39, 0.29) is 23.7 Å². The van der Waals surface area contributed by atoms with Crippen LogP contribution in [0.1, 0.15) is 65.7 Å². The van der Waals surface area contributed by atoms with Gasteiger partial charge in [0.05, 0.1) is 6.61 Å². The number of ether oxygens (including phenoxy) is 1. The first kappa shape index (κ1) is 17.4. The Bertz CT molecular complexity index is 295. The summed E-state index contributed by atoms with van der Waals surface area (Å²) < 4.78 is 5.27. The molecule has 20 heavy (non-hydrogen) atoms. The minimum atomic E-state index is -1.62. The fourth-order valence-corrected chi connectivity index (χ4v) is 3.41. The Balaban J connectivity index is 2.60. The predicted molar refractivity (Wildman–Crippen MR) is 77.9 cm³/mol. The Hall–Kier alpha value is -0.610. The molecule has 2 N–H and O–H groups in total. The van der Waals surface area contributed by atoms with Crippen LogP contribution < -0.4 is 0 Å². The van der Waals surface area contributed by atoms with Gasteiger partial charge in [-0.25, -0.2) is 0 Å². The van der Waals surface area contributed by atoms with Crippen LogP contribution in [0.5, 0.6) is 0 Å². The Morgan fingerprint density at radius 3 is 2.50 bits per heavy atom. The highest BCUT2D eigenvalue weighted by molar-refractivity contribution is 5.68. The standard InChI is InChI=1S/C16H30O4/c1-4-6-7-8-13-12(11-20-15(17)5-2)9-10-14(13)16(3,18)19/h12-14,18-19H,4-11H2,1-3H3. The number of aliphatic hydroxyl groups is 2. The molecule has 0 aromatic rings. The van der Waals surface area contributed by atoms with E-state index in [0.717, 1.165) is 38.5 Å². The SMILES string of the molecule is CCCCCC1C(COC(=O)CC)CCC1C(C)(O)O. The van der Waals surface area contributed by atoms with E-state index in [1.54, 1.807) is 6.92 Å². The molecule has 1 aliphatic carbocycles. The molecule has 0 bridgehead atoms. The summed E-state index contributed by atoms with van der Waals surface area (Å²) in [5, 5.41) is 19.9. The van der Waals surface area contributed by atoms with Gasteiger partial charge in [0.25, 0.3) is 0 Å². The van der Waals surface area contributed by atoms with Gasteiger partial charge in [0.1, 0.15) is 0 Å². The van der Waals surface area contributed by atoms with Gasteiger partial charge in [-0.1, -0.05) is 33.1 Å². The lowest BCUT2D eigenvalue weighted by Gasteiger charge is -2.32. The van der Waals surface area contributed by atoms with E-state index in [1.807, 2.05) is 0 Å². The van der Waals surface area contributed by atoms with E-state index in [1.165, 1.54) is 6.92 Å². The van der Waals surface area contributed by atoms with E-state index in [9.17, 15) is 15.0 Å². The zero-order valence-electron chi connectivity index (χ0n) is 13.1. The summed E-state index contributed by atoms with van der Waals surface area (Å²) in [6, 6.07) is 0. The summed E-state index contributed by atoms with van der Waals surface area (Å²) in [5.41, 5.74) is 0. The summed E-state index contributed by atoms with van der Waals surface area (Å²) in [4.78, 5) is 11.3. The molecule has 118 valence electrons. The second kappa shape index (κ2) is 7.99. The monoisotopic (exact) mass is 286 g/mol. The molecule has 1 fully saturated rings. The molecule has 1 rings (SSSR count). The van der Waals surface area contributed by atoms with Crippen molar-refractivity contribution in [3.63, 3.8) is 0 Å². The number of hydrogen-bond acceptors (Lipinski definition) is 4. The normalized spacial score (nSPS) is 26.8. The van der Waals surface area contributed by atoms with Crippen LogP contribution in [0.2, 0.25) is 0 Å². The number of carbonyl (C=O) groups excluding carboxylic acids is 1. The zero-order valence-corrected chi connectivity index (χ0v) is 13.1. The van der Waals surface area contributed by atoms with Crippen LogP contribution >= 0.6 is 0 Å². The van der Waals surface area contributed by atoms with Gasteiger partial charge in [-0.2, -0.15) is 0 Å². The molecular formula is C16H30O4. The first-order chi connectivity index (χ1) is 9.40. The van der Waals surface area contributed by atoms with E-state index in [0.29, 0.717) is 13.0 Å². The third-order valence-corrected chi connectivity index (χ3v) is 4.56.